The molecule has 2 aliphatic rings. The van der Waals surface area contributed by atoms with Crippen LogP contribution < -0.4 is 15.5 Å². The second kappa shape index (κ2) is 7.43. The minimum absolute atomic E-state index is 0.164. The number of fused-ring (bicyclic) bond motifs is 1. The fraction of sp³-hybridized carbons (Fsp3) is 0.400. The smallest absolute Gasteiger partial charge is 0.270 e. The summed E-state index contributed by atoms with van der Waals surface area (Å²) in [6, 6.07) is 10.1. The van der Waals surface area contributed by atoms with Gasteiger partial charge in [0.05, 0.1) is 6.10 Å². The predicted octanol–water partition coefficient (Wildman–Crippen LogP) is 1.58. The first kappa shape index (κ1) is 17.0. The summed E-state index contributed by atoms with van der Waals surface area (Å²) in [5.41, 5.74) is 5.16. The molecule has 6 nitrogen and oxygen atoms in total. The number of carbonyl (C=O) groups is 1. The maximum atomic E-state index is 12.5. The molecule has 1 saturated heterocycles. The van der Waals surface area contributed by atoms with Crippen molar-refractivity contribution in [1.82, 2.24) is 15.6 Å². The minimum atomic E-state index is -0.210. The van der Waals surface area contributed by atoms with Gasteiger partial charge in [-0.2, -0.15) is 0 Å². The highest BCUT2D eigenvalue weighted by molar-refractivity contribution is 5.93. The van der Waals surface area contributed by atoms with E-state index in [0.29, 0.717) is 12.2 Å². The van der Waals surface area contributed by atoms with E-state index in [1.807, 2.05) is 12.1 Å². The molecule has 1 amide bonds. The molecule has 3 heterocycles. The number of hydrogen-bond donors (Lipinski definition) is 3. The number of carbonyl (C=O) groups excluding carboxylic acids is 1. The van der Waals surface area contributed by atoms with Gasteiger partial charge in [-0.3, -0.25) is 9.78 Å². The standard InChI is InChI=1S/C20H24N4O2/c25-18-4-7-24(8-5-18)17-3-6-22-19(10-17)20(26)23-11-14-1-2-15-12-21-13-16(15)9-14/h1-3,6,9-10,18,21,25H,4-5,7-8,11-13H2,(H,23,26). The van der Waals surface area contributed by atoms with Gasteiger partial charge in [0.15, 0.2) is 0 Å². The minimum Gasteiger partial charge on any atom is -0.393 e. The summed E-state index contributed by atoms with van der Waals surface area (Å²) in [5.74, 6) is -0.164. The highest BCUT2D eigenvalue weighted by atomic mass is 16.3. The second-order valence-corrected chi connectivity index (χ2v) is 7.01. The van der Waals surface area contributed by atoms with Crippen LogP contribution in [0.25, 0.3) is 0 Å². The number of aliphatic hydroxyl groups excluding tert-OH is 1. The maximum Gasteiger partial charge on any atom is 0.270 e. The molecular weight excluding hydrogens is 328 g/mol. The van der Waals surface area contributed by atoms with E-state index in [-0.39, 0.29) is 12.0 Å². The van der Waals surface area contributed by atoms with Gasteiger partial charge in [-0.25, -0.2) is 0 Å². The number of aromatic nitrogens is 1. The molecule has 0 atom stereocenters. The number of piperidine rings is 1. The Morgan fingerprint density at radius 3 is 2.85 bits per heavy atom. The van der Waals surface area contributed by atoms with Gasteiger partial charge >= 0.3 is 0 Å². The molecule has 1 fully saturated rings. The van der Waals surface area contributed by atoms with Crippen LogP contribution >= 0.6 is 0 Å². The molecule has 2 aliphatic heterocycles. The monoisotopic (exact) mass is 352 g/mol. The quantitative estimate of drug-likeness (QED) is 0.779. The molecule has 0 saturated carbocycles. The first-order valence-corrected chi connectivity index (χ1v) is 9.18. The molecule has 0 aliphatic carbocycles. The van der Waals surface area contributed by atoms with E-state index in [1.165, 1.54) is 11.1 Å². The Labute approximate surface area is 153 Å². The second-order valence-electron chi connectivity index (χ2n) is 7.01. The fourth-order valence-corrected chi connectivity index (χ4v) is 3.60. The summed E-state index contributed by atoms with van der Waals surface area (Å²) in [4.78, 5) is 18.9. The van der Waals surface area contributed by atoms with Gasteiger partial charge in [-0.05, 0) is 41.7 Å². The first-order valence-electron chi connectivity index (χ1n) is 9.18. The Bertz CT molecular complexity index is 800. The molecule has 0 bridgehead atoms. The van der Waals surface area contributed by atoms with Gasteiger partial charge in [0.25, 0.3) is 5.91 Å². The van der Waals surface area contributed by atoms with E-state index < -0.39 is 0 Å². The number of pyridine rings is 1. The molecule has 6 heteroatoms. The number of benzene rings is 1. The average molecular weight is 352 g/mol. The van der Waals surface area contributed by atoms with Gasteiger partial charge < -0.3 is 20.6 Å². The number of amides is 1. The molecule has 26 heavy (non-hydrogen) atoms. The zero-order chi connectivity index (χ0) is 17.9. The average Bonchev–Trinajstić information content (AvgIpc) is 3.14. The van der Waals surface area contributed by atoms with E-state index in [1.54, 1.807) is 6.20 Å². The van der Waals surface area contributed by atoms with Crippen molar-refractivity contribution < 1.29 is 9.90 Å². The van der Waals surface area contributed by atoms with Crippen LogP contribution in [0.4, 0.5) is 5.69 Å². The molecule has 3 N–H and O–H groups in total. The maximum absolute atomic E-state index is 12.5. The Morgan fingerprint density at radius 2 is 2.00 bits per heavy atom. The van der Waals surface area contributed by atoms with Crippen LogP contribution in [0.15, 0.2) is 36.5 Å². The Balaban J connectivity index is 1.39. The molecule has 1 aromatic heterocycles. The number of rotatable bonds is 4. The molecule has 0 radical (unpaired) electrons. The summed E-state index contributed by atoms with van der Waals surface area (Å²) in [6.07, 6.45) is 2.99. The van der Waals surface area contributed by atoms with Crippen molar-refractivity contribution in [2.75, 3.05) is 18.0 Å². The van der Waals surface area contributed by atoms with Gasteiger partial charge in [0.2, 0.25) is 0 Å². The summed E-state index contributed by atoms with van der Waals surface area (Å²) in [6.45, 7) is 3.91. The van der Waals surface area contributed by atoms with Crippen LogP contribution in [-0.4, -0.2) is 35.2 Å². The van der Waals surface area contributed by atoms with E-state index in [0.717, 1.165) is 50.3 Å². The lowest BCUT2D eigenvalue weighted by atomic mass is 10.1. The summed E-state index contributed by atoms with van der Waals surface area (Å²) in [7, 11) is 0. The number of aliphatic hydroxyl groups is 1. The predicted molar refractivity (Wildman–Crippen MR) is 99.8 cm³/mol. The van der Waals surface area contributed by atoms with E-state index >= 15 is 0 Å². The van der Waals surface area contributed by atoms with Crippen LogP contribution in [0, 0.1) is 0 Å². The Hall–Kier alpha value is -2.44. The molecular formula is C20H24N4O2. The van der Waals surface area contributed by atoms with Crippen LogP contribution in [-0.2, 0) is 19.6 Å². The van der Waals surface area contributed by atoms with E-state index in [2.05, 4.69) is 38.7 Å². The Kier molecular flexibility index (Phi) is 4.86. The topological polar surface area (TPSA) is 77.5 Å². The number of anilines is 1. The molecule has 0 unspecified atom stereocenters. The summed E-state index contributed by atoms with van der Waals surface area (Å²) in [5, 5.41) is 15.9. The lowest BCUT2D eigenvalue weighted by molar-refractivity contribution is 0.0945. The number of nitrogens with one attached hydrogen (secondary N) is 2. The highest BCUT2D eigenvalue weighted by Gasteiger charge is 2.18. The summed E-state index contributed by atoms with van der Waals surface area (Å²) >= 11 is 0. The third kappa shape index (κ3) is 3.71. The van der Waals surface area contributed by atoms with Crippen molar-refractivity contribution in [3.8, 4) is 0 Å². The fourth-order valence-electron chi connectivity index (χ4n) is 3.60. The number of hydrogen-bond acceptors (Lipinski definition) is 5. The molecule has 1 aromatic carbocycles. The van der Waals surface area contributed by atoms with Crippen molar-refractivity contribution >= 4 is 11.6 Å². The van der Waals surface area contributed by atoms with Crippen LogP contribution in [0.1, 0.15) is 40.0 Å². The highest BCUT2D eigenvalue weighted by Crippen LogP contribution is 2.20. The van der Waals surface area contributed by atoms with Crippen molar-refractivity contribution in [3.63, 3.8) is 0 Å². The molecule has 4 rings (SSSR count). The lowest BCUT2D eigenvalue weighted by Crippen LogP contribution is -2.36. The Morgan fingerprint density at radius 1 is 1.19 bits per heavy atom. The molecule has 2 aromatic rings. The third-order valence-electron chi connectivity index (χ3n) is 5.16. The van der Waals surface area contributed by atoms with Crippen molar-refractivity contribution in [2.45, 2.75) is 38.6 Å². The van der Waals surface area contributed by atoms with Gasteiger partial charge in [0, 0.05) is 44.6 Å². The largest absolute Gasteiger partial charge is 0.393 e. The zero-order valence-corrected chi connectivity index (χ0v) is 14.7. The molecule has 136 valence electrons. The first-order chi connectivity index (χ1) is 12.7. The van der Waals surface area contributed by atoms with Gasteiger partial charge in [-0.15, -0.1) is 0 Å². The molecule has 0 spiro atoms. The SMILES string of the molecule is O=C(NCc1ccc2c(c1)CNC2)c1cc(N2CCC(O)CC2)ccn1. The van der Waals surface area contributed by atoms with E-state index in [9.17, 15) is 9.90 Å². The van der Waals surface area contributed by atoms with E-state index in [4.69, 9.17) is 0 Å². The van der Waals surface area contributed by atoms with Crippen LogP contribution in [0.3, 0.4) is 0 Å². The number of nitrogens with zero attached hydrogens (tertiary/aromatic N) is 2. The lowest BCUT2D eigenvalue weighted by Gasteiger charge is -2.31. The van der Waals surface area contributed by atoms with Gasteiger partial charge in [0.1, 0.15) is 5.69 Å². The van der Waals surface area contributed by atoms with Crippen molar-refractivity contribution in [1.29, 1.82) is 0 Å². The zero-order valence-electron chi connectivity index (χ0n) is 14.7. The van der Waals surface area contributed by atoms with Gasteiger partial charge in [-0.1, -0.05) is 18.2 Å². The van der Waals surface area contributed by atoms with Crippen molar-refractivity contribution in [2.24, 2.45) is 0 Å². The summed E-state index contributed by atoms with van der Waals surface area (Å²) < 4.78 is 0. The van der Waals surface area contributed by atoms with Crippen LogP contribution in [0.2, 0.25) is 0 Å². The normalized spacial score (nSPS) is 17.2. The van der Waals surface area contributed by atoms with Crippen molar-refractivity contribution in [3.05, 3.63) is 58.9 Å². The van der Waals surface area contributed by atoms with Crippen LogP contribution in [0.5, 0.6) is 0 Å². The third-order valence-corrected chi connectivity index (χ3v) is 5.16.